The lowest BCUT2D eigenvalue weighted by atomic mass is 10.1. The van der Waals surface area contributed by atoms with Crippen LogP contribution < -0.4 is 25.4 Å². The fourth-order valence-corrected chi connectivity index (χ4v) is 5.75. The largest absolute Gasteiger partial charge is 0.477 e. The summed E-state index contributed by atoms with van der Waals surface area (Å²) in [6, 6.07) is 12.4. The number of fused-ring (bicyclic) bond motifs is 1. The number of carboxylic acids is 1. The van der Waals surface area contributed by atoms with Crippen molar-refractivity contribution >= 4 is 45.9 Å². The van der Waals surface area contributed by atoms with E-state index in [0.29, 0.717) is 44.5 Å². The van der Waals surface area contributed by atoms with E-state index in [1.165, 1.54) is 17.9 Å². The molecule has 3 aromatic carbocycles. The molecule has 2 saturated heterocycles. The lowest BCUT2D eigenvalue weighted by Crippen LogP contribution is -2.46. The van der Waals surface area contributed by atoms with E-state index < -0.39 is 46.6 Å². The molecule has 6 rings (SSSR count). The van der Waals surface area contributed by atoms with Gasteiger partial charge in [-0.1, -0.05) is 0 Å². The highest BCUT2D eigenvalue weighted by atomic mass is 19.1. The molecule has 4 aromatic rings. The van der Waals surface area contributed by atoms with E-state index in [2.05, 4.69) is 10.2 Å². The Morgan fingerprint density at radius 3 is 2.20 bits per heavy atom. The number of hydrogen-bond donors (Lipinski definition) is 2. The van der Waals surface area contributed by atoms with Crippen LogP contribution in [-0.2, 0) is 9.53 Å². The van der Waals surface area contributed by atoms with E-state index in [4.69, 9.17) is 4.74 Å². The van der Waals surface area contributed by atoms with Gasteiger partial charge in [0.2, 0.25) is 11.3 Å². The second-order valence-electron chi connectivity index (χ2n) is 11.0. The molecule has 3 heterocycles. The molecule has 2 amide bonds. The van der Waals surface area contributed by atoms with Gasteiger partial charge in [0.25, 0.3) is 0 Å². The number of nitrogens with zero attached hydrogens (tertiary/aromatic N) is 4. The van der Waals surface area contributed by atoms with Gasteiger partial charge >= 0.3 is 12.1 Å². The molecular formula is C32H28F3N5O6. The second kappa shape index (κ2) is 12.1. The van der Waals surface area contributed by atoms with Crippen molar-refractivity contribution in [2.45, 2.75) is 13.0 Å². The van der Waals surface area contributed by atoms with Gasteiger partial charge in [-0.3, -0.25) is 14.5 Å². The number of carbonyl (C=O) groups is 3. The number of amides is 2. The zero-order chi connectivity index (χ0) is 32.7. The van der Waals surface area contributed by atoms with Crippen LogP contribution in [0.3, 0.4) is 0 Å². The third-order valence-electron chi connectivity index (χ3n) is 8.07. The van der Waals surface area contributed by atoms with Gasteiger partial charge in [-0.15, -0.1) is 0 Å². The highest BCUT2D eigenvalue weighted by molar-refractivity contribution is 5.94. The smallest absolute Gasteiger partial charge is 0.414 e. The van der Waals surface area contributed by atoms with Crippen molar-refractivity contribution in [1.82, 2.24) is 9.88 Å². The third kappa shape index (κ3) is 5.80. The van der Waals surface area contributed by atoms with Crippen molar-refractivity contribution in [2.75, 3.05) is 54.0 Å². The first-order valence-electron chi connectivity index (χ1n) is 14.4. The summed E-state index contributed by atoms with van der Waals surface area (Å²) in [4.78, 5) is 53.6. The summed E-state index contributed by atoms with van der Waals surface area (Å²) in [5.74, 6) is -4.35. The molecule has 2 N–H and O–H groups in total. The SMILES string of the molecule is CC(=O)NC[C@H]1CN(c2ccc(N3CCN(c4cc5c(cc4F)c(=O)c(C(=O)O)cn5-c4ccc(F)cc4F)CC3)cc2)C(=O)O1. The summed E-state index contributed by atoms with van der Waals surface area (Å²) in [7, 11) is 0. The van der Waals surface area contributed by atoms with E-state index in [0.717, 1.165) is 34.7 Å². The molecule has 2 fully saturated rings. The van der Waals surface area contributed by atoms with Crippen LogP contribution >= 0.6 is 0 Å². The van der Waals surface area contributed by atoms with E-state index >= 15 is 4.39 Å². The first-order chi connectivity index (χ1) is 22.0. The molecule has 0 spiro atoms. The van der Waals surface area contributed by atoms with E-state index in [-0.39, 0.29) is 34.7 Å². The average Bonchev–Trinajstić information content (AvgIpc) is 3.41. The summed E-state index contributed by atoms with van der Waals surface area (Å²) in [6.07, 6.45) is 0.00152. The molecule has 1 atom stereocenters. The number of ether oxygens (including phenoxy) is 1. The normalized spacial score (nSPS) is 16.6. The van der Waals surface area contributed by atoms with Crippen molar-refractivity contribution in [3.8, 4) is 5.69 Å². The van der Waals surface area contributed by atoms with Crippen LogP contribution in [0.5, 0.6) is 0 Å². The van der Waals surface area contributed by atoms with Crippen molar-refractivity contribution in [2.24, 2.45) is 0 Å². The molecule has 238 valence electrons. The molecule has 11 nitrogen and oxygen atoms in total. The Bertz CT molecular complexity index is 1920. The number of aromatic carboxylic acids is 1. The molecule has 1 aromatic heterocycles. The first-order valence-corrected chi connectivity index (χ1v) is 14.4. The quantitative estimate of drug-likeness (QED) is 0.314. The maximum atomic E-state index is 15.5. The molecule has 0 bridgehead atoms. The van der Waals surface area contributed by atoms with E-state index in [9.17, 15) is 33.1 Å². The number of aromatic nitrogens is 1. The predicted octanol–water partition coefficient (Wildman–Crippen LogP) is 3.89. The second-order valence-corrected chi connectivity index (χ2v) is 11.0. The average molecular weight is 636 g/mol. The van der Waals surface area contributed by atoms with Crippen molar-refractivity contribution in [1.29, 1.82) is 0 Å². The Labute approximate surface area is 260 Å². The highest BCUT2D eigenvalue weighted by Gasteiger charge is 2.32. The molecule has 2 aliphatic heterocycles. The molecular weight excluding hydrogens is 607 g/mol. The minimum Gasteiger partial charge on any atom is -0.477 e. The van der Waals surface area contributed by atoms with Crippen LogP contribution in [0.1, 0.15) is 17.3 Å². The highest BCUT2D eigenvalue weighted by Crippen LogP contribution is 2.30. The number of halogens is 3. The van der Waals surface area contributed by atoms with Gasteiger partial charge in [-0.25, -0.2) is 22.8 Å². The molecule has 46 heavy (non-hydrogen) atoms. The number of rotatable bonds is 7. The Kier molecular flexibility index (Phi) is 8.02. The number of carbonyl (C=O) groups excluding carboxylic acids is 2. The van der Waals surface area contributed by atoms with Crippen LogP contribution in [0.4, 0.5) is 35.0 Å². The maximum Gasteiger partial charge on any atom is 0.414 e. The minimum atomic E-state index is -1.57. The van der Waals surface area contributed by atoms with E-state index in [1.54, 1.807) is 17.0 Å². The molecule has 0 radical (unpaired) electrons. The number of benzene rings is 3. The third-order valence-corrected chi connectivity index (χ3v) is 8.07. The van der Waals surface area contributed by atoms with E-state index in [1.807, 2.05) is 12.1 Å². The molecule has 0 aliphatic carbocycles. The van der Waals surface area contributed by atoms with Gasteiger partial charge < -0.3 is 29.5 Å². The number of piperazine rings is 1. The lowest BCUT2D eigenvalue weighted by Gasteiger charge is -2.37. The van der Waals surface area contributed by atoms with Crippen molar-refractivity contribution < 1.29 is 37.4 Å². The van der Waals surface area contributed by atoms with Crippen molar-refractivity contribution in [3.63, 3.8) is 0 Å². The Balaban J connectivity index is 1.22. The van der Waals surface area contributed by atoms with Gasteiger partial charge in [-0.05, 0) is 48.5 Å². The summed E-state index contributed by atoms with van der Waals surface area (Å²) in [6.45, 7) is 3.68. The van der Waals surface area contributed by atoms with Gasteiger partial charge in [0.1, 0.15) is 29.1 Å². The molecule has 2 aliphatic rings. The number of anilines is 3. The number of hydrogen-bond acceptors (Lipinski definition) is 7. The van der Waals surface area contributed by atoms with Crippen molar-refractivity contribution in [3.05, 3.63) is 94.0 Å². The number of cyclic esters (lactones) is 1. The summed E-state index contributed by atoms with van der Waals surface area (Å²) < 4.78 is 50.4. The van der Waals surface area contributed by atoms with Crippen LogP contribution in [-0.4, -0.2) is 73.0 Å². The summed E-state index contributed by atoms with van der Waals surface area (Å²) >= 11 is 0. The molecule has 0 saturated carbocycles. The maximum absolute atomic E-state index is 15.5. The van der Waals surface area contributed by atoms with Gasteiger partial charge in [0.05, 0.1) is 30.0 Å². The lowest BCUT2D eigenvalue weighted by molar-refractivity contribution is -0.119. The predicted molar refractivity (Wildman–Crippen MR) is 164 cm³/mol. The molecule has 0 unspecified atom stereocenters. The fourth-order valence-electron chi connectivity index (χ4n) is 5.75. The standard InChI is InChI=1S/C32H28F3N5O6/c1-18(41)36-15-22-16-39(32(45)46-22)21-5-3-20(4-6-21)37-8-10-38(11-9-37)29-14-28-23(13-26(29)35)30(42)24(31(43)44)17-40(28)27-7-2-19(33)12-25(27)34/h2-7,12-14,17,22H,8-11,15-16H2,1H3,(H,36,41)(H,43,44)/t22-/m0/s1. The minimum absolute atomic E-state index is 0.0645. The summed E-state index contributed by atoms with van der Waals surface area (Å²) in [5, 5.41) is 12.0. The van der Waals surface area contributed by atoms with Crippen LogP contribution in [0, 0.1) is 17.5 Å². The Hall–Kier alpha value is -5.53. The van der Waals surface area contributed by atoms with Crippen LogP contribution in [0.2, 0.25) is 0 Å². The number of nitrogens with one attached hydrogen (secondary N) is 1. The van der Waals surface area contributed by atoms with Crippen LogP contribution in [0.15, 0.2) is 65.6 Å². The number of pyridine rings is 1. The Morgan fingerprint density at radius 2 is 1.54 bits per heavy atom. The monoisotopic (exact) mass is 635 g/mol. The van der Waals surface area contributed by atoms with Gasteiger partial charge in [-0.2, -0.15) is 0 Å². The zero-order valence-corrected chi connectivity index (χ0v) is 24.5. The van der Waals surface area contributed by atoms with Gasteiger partial charge in [0.15, 0.2) is 0 Å². The van der Waals surface area contributed by atoms with Gasteiger partial charge in [0, 0.05) is 62.1 Å². The summed E-state index contributed by atoms with van der Waals surface area (Å²) in [5.41, 5.74) is -0.0838. The zero-order valence-electron chi connectivity index (χ0n) is 24.5. The molecule has 14 heteroatoms. The first kappa shape index (κ1) is 30.5. The fraction of sp³-hybridized carbons (Fsp3) is 0.250. The number of carboxylic acid groups (broad SMARTS) is 1. The topological polar surface area (TPSA) is 124 Å². The Morgan fingerprint density at radius 1 is 0.891 bits per heavy atom. The van der Waals surface area contributed by atoms with Crippen LogP contribution in [0.25, 0.3) is 16.6 Å².